The Morgan fingerprint density at radius 1 is 1.50 bits per heavy atom. The summed E-state index contributed by atoms with van der Waals surface area (Å²) in [5.41, 5.74) is -0.460. The molecule has 0 radical (unpaired) electrons. The van der Waals surface area contributed by atoms with Gasteiger partial charge in [-0.15, -0.1) is 0 Å². The Hall–Kier alpha value is -0.630. The Bertz CT molecular complexity index is 325. The van der Waals surface area contributed by atoms with Gasteiger partial charge in [0.05, 0.1) is 18.8 Å². The van der Waals surface area contributed by atoms with Crippen LogP contribution in [0.4, 0.5) is 0 Å². The molecule has 0 amide bonds. The van der Waals surface area contributed by atoms with Crippen LogP contribution in [0.3, 0.4) is 0 Å². The van der Waals surface area contributed by atoms with Crippen molar-refractivity contribution >= 4 is 0 Å². The van der Waals surface area contributed by atoms with Crippen molar-refractivity contribution in [2.24, 2.45) is 0 Å². The van der Waals surface area contributed by atoms with Crippen LogP contribution in [-0.4, -0.2) is 48.3 Å². The summed E-state index contributed by atoms with van der Waals surface area (Å²) in [5.74, 6) is 0. The van der Waals surface area contributed by atoms with Gasteiger partial charge in [-0.25, -0.2) is 0 Å². The maximum absolute atomic E-state index is 9.43. The lowest BCUT2D eigenvalue weighted by Gasteiger charge is -2.41. The van der Waals surface area contributed by atoms with E-state index < -0.39 is 5.54 Å². The van der Waals surface area contributed by atoms with Crippen molar-refractivity contribution in [2.75, 3.05) is 19.7 Å². The third-order valence-electron chi connectivity index (χ3n) is 3.97. The molecule has 2 aliphatic rings. The lowest BCUT2D eigenvalue weighted by atomic mass is 10.00. The summed E-state index contributed by atoms with van der Waals surface area (Å²) >= 11 is 0. The maximum atomic E-state index is 9.43. The van der Waals surface area contributed by atoms with E-state index in [2.05, 4.69) is 30.1 Å². The Balaban J connectivity index is 2.00. The van der Waals surface area contributed by atoms with E-state index in [4.69, 9.17) is 4.74 Å². The standard InChI is InChI=1S/C14H25N3O/c1-11(2)16-14(3,9-15)10-17-7-8-18-13-6-4-5-12(13)17/h11-13,16H,4-8,10H2,1-3H3. The van der Waals surface area contributed by atoms with Gasteiger partial charge in [0.25, 0.3) is 0 Å². The molecule has 0 aromatic carbocycles. The molecule has 2 fully saturated rings. The molecule has 1 heterocycles. The van der Waals surface area contributed by atoms with Crippen LogP contribution in [0.1, 0.15) is 40.0 Å². The predicted octanol–water partition coefficient (Wildman–Crippen LogP) is 1.52. The smallest absolute Gasteiger partial charge is 0.116 e. The molecular formula is C14H25N3O. The highest BCUT2D eigenvalue weighted by molar-refractivity contribution is 5.08. The molecule has 4 heteroatoms. The Kier molecular flexibility index (Phi) is 4.26. The predicted molar refractivity (Wildman–Crippen MR) is 71.2 cm³/mol. The lowest BCUT2D eigenvalue weighted by Crippen LogP contribution is -2.58. The fraction of sp³-hybridized carbons (Fsp3) is 0.929. The first-order chi connectivity index (χ1) is 8.54. The maximum Gasteiger partial charge on any atom is 0.116 e. The average molecular weight is 251 g/mol. The van der Waals surface area contributed by atoms with Crippen molar-refractivity contribution in [1.29, 1.82) is 5.26 Å². The van der Waals surface area contributed by atoms with Crippen molar-refractivity contribution in [3.05, 3.63) is 0 Å². The van der Waals surface area contributed by atoms with Gasteiger partial charge in [-0.05, 0) is 40.0 Å². The number of morpholine rings is 1. The summed E-state index contributed by atoms with van der Waals surface area (Å²) in [7, 11) is 0. The number of rotatable bonds is 4. The van der Waals surface area contributed by atoms with Crippen molar-refractivity contribution in [3.8, 4) is 6.07 Å². The molecule has 102 valence electrons. The molecule has 1 saturated heterocycles. The minimum Gasteiger partial charge on any atom is -0.375 e. The van der Waals surface area contributed by atoms with Gasteiger partial charge in [0.2, 0.25) is 0 Å². The van der Waals surface area contributed by atoms with Gasteiger partial charge in [0.15, 0.2) is 0 Å². The summed E-state index contributed by atoms with van der Waals surface area (Å²) in [6.07, 6.45) is 4.06. The van der Waals surface area contributed by atoms with Gasteiger partial charge < -0.3 is 4.74 Å². The van der Waals surface area contributed by atoms with Crippen LogP contribution < -0.4 is 5.32 Å². The van der Waals surface area contributed by atoms with Crippen LogP contribution in [-0.2, 0) is 4.74 Å². The van der Waals surface area contributed by atoms with Gasteiger partial charge in [0.1, 0.15) is 5.54 Å². The quantitative estimate of drug-likeness (QED) is 0.823. The minimum absolute atomic E-state index is 0.329. The zero-order chi connectivity index (χ0) is 13.2. The fourth-order valence-electron chi connectivity index (χ4n) is 3.36. The van der Waals surface area contributed by atoms with E-state index in [0.717, 1.165) is 19.7 Å². The second-order valence-electron chi connectivity index (χ2n) is 6.12. The monoisotopic (exact) mass is 251 g/mol. The molecule has 3 atom stereocenters. The summed E-state index contributed by atoms with van der Waals surface area (Å²) < 4.78 is 5.82. The third-order valence-corrected chi connectivity index (χ3v) is 3.97. The van der Waals surface area contributed by atoms with Gasteiger partial charge in [-0.1, -0.05) is 0 Å². The molecular weight excluding hydrogens is 226 g/mol. The Morgan fingerprint density at radius 3 is 2.94 bits per heavy atom. The molecule has 1 aliphatic carbocycles. The first-order valence-corrected chi connectivity index (χ1v) is 7.09. The van der Waals surface area contributed by atoms with Crippen molar-refractivity contribution < 1.29 is 4.74 Å². The normalized spacial score (nSPS) is 31.9. The summed E-state index contributed by atoms with van der Waals surface area (Å²) in [6, 6.07) is 3.30. The molecule has 1 aliphatic heterocycles. The van der Waals surface area contributed by atoms with E-state index in [9.17, 15) is 5.26 Å². The van der Waals surface area contributed by atoms with Crippen LogP contribution in [0, 0.1) is 11.3 Å². The number of ether oxygens (including phenoxy) is 1. The highest BCUT2D eigenvalue weighted by Crippen LogP contribution is 2.30. The molecule has 3 unspecified atom stereocenters. The average Bonchev–Trinajstić information content (AvgIpc) is 2.77. The largest absolute Gasteiger partial charge is 0.375 e. The van der Waals surface area contributed by atoms with E-state index in [0.29, 0.717) is 18.2 Å². The van der Waals surface area contributed by atoms with Crippen LogP contribution in [0.15, 0.2) is 0 Å². The molecule has 18 heavy (non-hydrogen) atoms. The Labute approximate surface area is 110 Å². The minimum atomic E-state index is -0.460. The Morgan fingerprint density at radius 2 is 2.28 bits per heavy atom. The number of nitrogens with zero attached hydrogens (tertiary/aromatic N) is 2. The van der Waals surface area contributed by atoms with Crippen molar-refractivity contribution in [2.45, 2.75) is 63.8 Å². The van der Waals surface area contributed by atoms with E-state index >= 15 is 0 Å². The SMILES string of the molecule is CC(C)NC(C)(C#N)CN1CCOC2CCCC21. The fourth-order valence-corrected chi connectivity index (χ4v) is 3.36. The molecule has 2 rings (SSSR count). The molecule has 0 aromatic rings. The van der Waals surface area contributed by atoms with Gasteiger partial charge in [0, 0.05) is 25.2 Å². The molecule has 0 spiro atoms. The van der Waals surface area contributed by atoms with Crippen LogP contribution in [0.25, 0.3) is 0 Å². The van der Waals surface area contributed by atoms with Gasteiger partial charge in [-0.2, -0.15) is 5.26 Å². The molecule has 4 nitrogen and oxygen atoms in total. The van der Waals surface area contributed by atoms with Crippen LogP contribution in [0.5, 0.6) is 0 Å². The van der Waals surface area contributed by atoms with Crippen molar-refractivity contribution in [1.82, 2.24) is 10.2 Å². The number of nitrogens with one attached hydrogen (secondary N) is 1. The first kappa shape index (κ1) is 13.8. The van der Waals surface area contributed by atoms with Crippen LogP contribution >= 0.6 is 0 Å². The van der Waals surface area contributed by atoms with Crippen LogP contribution in [0.2, 0.25) is 0 Å². The topological polar surface area (TPSA) is 48.3 Å². The van der Waals surface area contributed by atoms with E-state index in [1.54, 1.807) is 0 Å². The van der Waals surface area contributed by atoms with E-state index in [-0.39, 0.29) is 0 Å². The molecule has 1 saturated carbocycles. The zero-order valence-corrected chi connectivity index (χ0v) is 11.8. The number of hydrogen-bond acceptors (Lipinski definition) is 4. The van der Waals surface area contributed by atoms with Gasteiger partial charge in [-0.3, -0.25) is 10.2 Å². The van der Waals surface area contributed by atoms with Crippen molar-refractivity contribution in [3.63, 3.8) is 0 Å². The van der Waals surface area contributed by atoms with E-state index in [1.807, 2.05) is 6.92 Å². The third kappa shape index (κ3) is 3.03. The number of nitriles is 1. The summed E-state index contributed by atoms with van der Waals surface area (Å²) in [6.45, 7) is 8.75. The first-order valence-electron chi connectivity index (χ1n) is 7.09. The highest BCUT2D eigenvalue weighted by atomic mass is 16.5. The summed E-state index contributed by atoms with van der Waals surface area (Å²) in [5, 5.41) is 12.8. The second-order valence-corrected chi connectivity index (χ2v) is 6.12. The highest BCUT2D eigenvalue weighted by Gasteiger charge is 2.39. The van der Waals surface area contributed by atoms with E-state index in [1.165, 1.54) is 19.3 Å². The number of hydrogen-bond donors (Lipinski definition) is 1. The zero-order valence-electron chi connectivity index (χ0n) is 11.8. The van der Waals surface area contributed by atoms with Gasteiger partial charge >= 0.3 is 0 Å². The molecule has 0 aromatic heterocycles. The molecule has 1 N–H and O–H groups in total. The number of fused-ring (bicyclic) bond motifs is 1. The molecule has 0 bridgehead atoms. The summed E-state index contributed by atoms with van der Waals surface area (Å²) in [4.78, 5) is 2.46. The lowest BCUT2D eigenvalue weighted by molar-refractivity contribution is -0.0606. The second kappa shape index (κ2) is 5.56.